The van der Waals surface area contributed by atoms with Gasteiger partial charge in [0.1, 0.15) is 6.61 Å². The van der Waals surface area contributed by atoms with Gasteiger partial charge in [-0.3, -0.25) is 10.9 Å². The Morgan fingerprint density at radius 2 is 1.45 bits per heavy atom. The van der Waals surface area contributed by atoms with Crippen molar-refractivity contribution in [3.63, 3.8) is 0 Å². The van der Waals surface area contributed by atoms with Crippen LogP contribution >= 0.6 is 23.2 Å². The van der Waals surface area contributed by atoms with Gasteiger partial charge in [-0.2, -0.15) is 0 Å². The molecule has 0 aromatic heterocycles. The van der Waals surface area contributed by atoms with Crippen LogP contribution in [0, 0.1) is 17.8 Å². The van der Waals surface area contributed by atoms with Crippen LogP contribution < -0.4 is 10.9 Å². The van der Waals surface area contributed by atoms with Crippen molar-refractivity contribution in [3.05, 3.63) is 106 Å². The van der Waals surface area contributed by atoms with Crippen molar-refractivity contribution < 1.29 is 9.53 Å². The Kier molecular flexibility index (Phi) is 8.64. The lowest BCUT2D eigenvalue weighted by atomic mass is 9.66. The van der Waals surface area contributed by atoms with Crippen molar-refractivity contribution in [1.29, 1.82) is 0 Å². The summed E-state index contributed by atoms with van der Waals surface area (Å²) in [6, 6.07) is 27.5. The molecule has 0 spiro atoms. The molecule has 1 saturated carbocycles. The van der Waals surface area contributed by atoms with Gasteiger partial charge in [-0.25, -0.2) is 4.79 Å². The number of hydrogen-bond donors (Lipinski definition) is 2. The minimum absolute atomic E-state index is 0.204. The van der Waals surface area contributed by atoms with Crippen LogP contribution in [0.3, 0.4) is 0 Å². The molecule has 3 aromatic carbocycles. The third kappa shape index (κ3) is 6.18. The Labute approximate surface area is 247 Å². The van der Waals surface area contributed by atoms with Gasteiger partial charge in [0, 0.05) is 41.1 Å². The Balaban J connectivity index is 1.11. The summed E-state index contributed by atoms with van der Waals surface area (Å²) in [6.07, 6.45) is 5.26. The summed E-state index contributed by atoms with van der Waals surface area (Å²) in [6.45, 7) is 1.81. The predicted octanol–water partition coefficient (Wildman–Crippen LogP) is 7.44. The van der Waals surface area contributed by atoms with Crippen LogP contribution in [-0.4, -0.2) is 36.2 Å². The van der Waals surface area contributed by atoms with Crippen LogP contribution in [0.15, 0.2) is 78.9 Å². The number of fused-ring (bicyclic) bond motifs is 1. The molecule has 40 heavy (non-hydrogen) atoms. The smallest absolute Gasteiger partial charge is 0.410 e. The van der Waals surface area contributed by atoms with Gasteiger partial charge < -0.3 is 9.64 Å². The fourth-order valence-corrected chi connectivity index (χ4v) is 7.48. The summed E-state index contributed by atoms with van der Waals surface area (Å²) in [4.78, 5) is 14.6. The number of carbonyl (C=O) groups excluding carboxylic acids is 1. The zero-order valence-electron chi connectivity index (χ0n) is 22.6. The molecule has 3 aromatic rings. The quantitative estimate of drug-likeness (QED) is 0.319. The lowest BCUT2D eigenvalue weighted by Crippen LogP contribution is -2.46. The summed E-state index contributed by atoms with van der Waals surface area (Å²) in [5.41, 5.74) is 11.0. The number of nitrogens with one attached hydrogen (secondary N) is 2. The molecule has 4 atom stereocenters. The van der Waals surface area contributed by atoms with Crippen molar-refractivity contribution in [2.24, 2.45) is 17.8 Å². The molecule has 5 nitrogen and oxygen atoms in total. The van der Waals surface area contributed by atoms with E-state index in [4.69, 9.17) is 27.9 Å². The van der Waals surface area contributed by atoms with E-state index < -0.39 is 0 Å². The Morgan fingerprint density at radius 1 is 0.825 bits per heavy atom. The number of piperidine rings is 1. The molecule has 3 fully saturated rings. The molecule has 210 valence electrons. The van der Waals surface area contributed by atoms with Gasteiger partial charge in [0.25, 0.3) is 0 Å². The first-order chi connectivity index (χ1) is 19.5. The van der Waals surface area contributed by atoms with Crippen LogP contribution in [0.1, 0.15) is 54.7 Å². The van der Waals surface area contributed by atoms with Crippen LogP contribution in [-0.2, 0) is 11.3 Å². The van der Waals surface area contributed by atoms with E-state index in [-0.39, 0.29) is 6.09 Å². The zero-order chi connectivity index (χ0) is 27.5. The highest BCUT2D eigenvalue weighted by atomic mass is 35.5. The summed E-state index contributed by atoms with van der Waals surface area (Å²) >= 11 is 12.5. The van der Waals surface area contributed by atoms with Gasteiger partial charge in [0.2, 0.25) is 0 Å². The highest BCUT2D eigenvalue weighted by molar-refractivity contribution is 6.30. The average molecular weight is 579 g/mol. The molecule has 2 heterocycles. The number of ether oxygens (including phenoxy) is 1. The van der Waals surface area contributed by atoms with E-state index in [9.17, 15) is 4.79 Å². The van der Waals surface area contributed by atoms with Crippen LogP contribution in [0.5, 0.6) is 0 Å². The van der Waals surface area contributed by atoms with E-state index in [1.807, 2.05) is 59.5 Å². The van der Waals surface area contributed by atoms with Crippen molar-refractivity contribution in [1.82, 2.24) is 15.8 Å². The number of halogens is 2. The van der Waals surface area contributed by atoms with E-state index >= 15 is 0 Å². The summed E-state index contributed by atoms with van der Waals surface area (Å²) in [7, 11) is 0. The minimum atomic E-state index is -0.204. The molecule has 0 bridgehead atoms. The van der Waals surface area contributed by atoms with Crippen molar-refractivity contribution >= 4 is 29.3 Å². The zero-order valence-corrected chi connectivity index (χ0v) is 24.2. The number of likely N-dealkylation sites (tertiary alicyclic amines) is 1. The first-order valence-corrected chi connectivity index (χ1v) is 15.3. The lowest BCUT2D eigenvalue weighted by Gasteiger charge is -2.41. The molecule has 1 amide bonds. The molecular formula is C33H37Cl2N3O2. The third-order valence-electron chi connectivity index (χ3n) is 9.28. The molecular weight excluding hydrogens is 541 g/mol. The number of benzene rings is 3. The van der Waals surface area contributed by atoms with Crippen molar-refractivity contribution in [2.75, 3.05) is 13.1 Å². The first kappa shape index (κ1) is 27.6. The van der Waals surface area contributed by atoms with Gasteiger partial charge in [-0.15, -0.1) is 0 Å². The molecule has 3 aliphatic rings. The van der Waals surface area contributed by atoms with Crippen molar-refractivity contribution in [3.8, 4) is 0 Å². The Bertz CT molecular complexity index is 1220. The Hall–Kier alpha value is -2.57. The number of rotatable bonds is 6. The molecule has 4 unspecified atom stereocenters. The maximum absolute atomic E-state index is 12.7. The average Bonchev–Trinajstić information content (AvgIpc) is 3.42. The summed E-state index contributed by atoms with van der Waals surface area (Å²) in [5, 5.41) is 1.53. The maximum atomic E-state index is 12.7. The van der Waals surface area contributed by atoms with E-state index in [2.05, 4.69) is 35.1 Å². The number of nitrogens with zero attached hydrogens (tertiary/aromatic N) is 1. The second-order valence-electron chi connectivity index (χ2n) is 11.6. The van der Waals surface area contributed by atoms with Crippen LogP contribution in [0.2, 0.25) is 10.0 Å². The largest absolute Gasteiger partial charge is 0.445 e. The van der Waals surface area contributed by atoms with Gasteiger partial charge in [0.15, 0.2) is 0 Å². The highest BCUT2D eigenvalue weighted by Crippen LogP contribution is 2.46. The van der Waals surface area contributed by atoms with Gasteiger partial charge >= 0.3 is 6.09 Å². The molecule has 7 heteroatoms. The fourth-order valence-electron chi connectivity index (χ4n) is 7.22. The summed E-state index contributed by atoms with van der Waals surface area (Å²) in [5.74, 6) is 1.92. The molecule has 6 rings (SSSR count). The number of hydrazine groups is 1. The van der Waals surface area contributed by atoms with Crippen LogP contribution in [0.4, 0.5) is 4.79 Å². The first-order valence-electron chi connectivity index (χ1n) is 14.5. The fraction of sp³-hybridized carbons (Fsp3) is 0.424. The topological polar surface area (TPSA) is 53.6 Å². The second kappa shape index (κ2) is 12.5. The number of hydrogen-bond acceptors (Lipinski definition) is 4. The van der Waals surface area contributed by atoms with E-state index in [0.717, 1.165) is 54.4 Å². The monoisotopic (exact) mass is 577 g/mol. The molecule has 2 N–H and O–H groups in total. The molecule has 2 aliphatic heterocycles. The number of amides is 1. The SMILES string of the molecule is O=C(OCc1ccccc1)N1CCC(C2NNC3CCC(C(c4ccc(Cl)cc4)c4ccc(Cl)cc4)CC32)CC1. The standard InChI is InChI=1S/C33H37Cl2N3O2/c34-27-11-6-23(7-12-27)31(24-8-13-28(35)14-9-24)26-10-15-30-29(20-26)32(37-36-30)25-16-18-38(19-17-25)33(39)40-21-22-4-2-1-3-5-22/h1-9,11-14,25-26,29-32,36-37H,10,15-21H2. The molecule has 1 aliphatic carbocycles. The second-order valence-corrected chi connectivity index (χ2v) is 12.5. The van der Waals surface area contributed by atoms with E-state index in [0.29, 0.717) is 42.4 Å². The predicted molar refractivity (Wildman–Crippen MR) is 160 cm³/mol. The highest BCUT2D eigenvalue weighted by Gasteiger charge is 2.46. The maximum Gasteiger partial charge on any atom is 0.410 e. The lowest BCUT2D eigenvalue weighted by molar-refractivity contribution is 0.0742. The summed E-state index contributed by atoms with van der Waals surface area (Å²) < 4.78 is 5.60. The molecule has 0 radical (unpaired) electrons. The van der Waals surface area contributed by atoms with Gasteiger partial charge in [-0.1, -0.05) is 77.8 Å². The van der Waals surface area contributed by atoms with E-state index in [1.165, 1.54) is 17.5 Å². The number of carbonyl (C=O) groups is 1. The minimum Gasteiger partial charge on any atom is -0.445 e. The molecule has 2 saturated heterocycles. The Morgan fingerprint density at radius 3 is 2.08 bits per heavy atom. The van der Waals surface area contributed by atoms with Gasteiger partial charge in [-0.05, 0) is 90.8 Å². The third-order valence-corrected chi connectivity index (χ3v) is 9.78. The van der Waals surface area contributed by atoms with E-state index in [1.54, 1.807) is 0 Å². The van der Waals surface area contributed by atoms with Crippen molar-refractivity contribution in [2.45, 2.75) is 56.7 Å². The van der Waals surface area contributed by atoms with Gasteiger partial charge in [0.05, 0.1) is 0 Å². The normalized spacial score (nSPS) is 25.1. The van der Waals surface area contributed by atoms with Crippen LogP contribution in [0.25, 0.3) is 0 Å².